The van der Waals surface area contributed by atoms with Crippen LogP contribution in [0.2, 0.25) is 0 Å². The second-order valence-corrected chi connectivity index (χ2v) is 5.02. The van der Waals surface area contributed by atoms with Crippen molar-refractivity contribution in [3.05, 3.63) is 30.3 Å². The van der Waals surface area contributed by atoms with Crippen molar-refractivity contribution in [2.24, 2.45) is 0 Å². The first-order valence-corrected chi connectivity index (χ1v) is 6.28. The van der Waals surface area contributed by atoms with Gasteiger partial charge < -0.3 is 10.4 Å². The van der Waals surface area contributed by atoms with Crippen LogP contribution in [-0.2, 0) is 10.1 Å². The van der Waals surface area contributed by atoms with Gasteiger partial charge in [-0.05, 0) is 23.6 Å². The fraction of sp³-hybridized carbons (Fsp3) is 0.0909. The normalized spacial score (nSPS) is 11.0. The van der Waals surface area contributed by atoms with E-state index in [1.807, 2.05) is 0 Å². The molecule has 0 aliphatic rings. The number of fused-ring (bicyclic) bond motifs is 1. The molecular formula is C11H11NNaO4S. The Morgan fingerprint density at radius 2 is 1.83 bits per heavy atom. The van der Waals surface area contributed by atoms with Gasteiger partial charge in [0.05, 0.1) is 4.90 Å². The van der Waals surface area contributed by atoms with Gasteiger partial charge in [-0.15, -0.1) is 0 Å². The number of hydrogen-bond donors (Lipinski definition) is 3. The summed E-state index contributed by atoms with van der Waals surface area (Å²) in [7, 11) is -2.57. The maximum absolute atomic E-state index is 11.0. The fourth-order valence-corrected chi connectivity index (χ4v) is 2.15. The largest absolute Gasteiger partial charge is 0.507 e. The molecule has 18 heavy (non-hydrogen) atoms. The summed E-state index contributed by atoms with van der Waals surface area (Å²) in [6.45, 7) is 0. The predicted molar refractivity (Wildman–Crippen MR) is 70.7 cm³/mol. The van der Waals surface area contributed by atoms with Gasteiger partial charge >= 0.3 is 0 Å². The van der Waals surface area contributed by atoms with Crippen molar-refractivity contribution in [2.75, 3.05) is 12.4 Å². The van der Waals surface area contributed by atoms with Crippen molar-refractivity contribution in [2.45, 2.75) is 4.90 Å². The average molecular weight is 276 g/mol. The Morgan fingerprint density at radius 3 is 2.39 bits per heavy atom. The van der Waals surface area contributed by atoms with Crippen LogP contribution in [0.4, 0.5) is 5.69 Å². The van der Waals surface area contributed by atoms with Crippen LogP contribution in [0, 0.1) is 0 Å². The van der Waals surface area contributed by atoms with E-state index in [9.17, 15) is 13.5 Å². The van der Waals surface area contributed by atoms with Crippen LogP contribution < -0.4 is 5.32 Å². The summed E-state index contributed by atoms with van der Waals surface area (Å²) in [6.07, 6.45) is 0. The van der Waals surface area contributed by atoms with E-state index in [1.165, 1.54) is 6.07 Å². The quantitative estimate of drug-likeness (QED) is 0.571. The van der Waals surface area contributed by atoms with E-state index in [0.717, 1.165) is 11.8 Å². The van der Waals surface area contributed by atoms with Crippen LogP contribution >= 0.6 is 0 Å². The van der Waals surface area contributed by atoms with Crippen molar-refractivity contribution in [3.63, 3.8) is 0 Å². The molecule has 0 atom stereocenters. The molecule has 0 aromatic heterocycles. The standard InChI is InChI=1S/C11H11NO4S.Na/c1-12-8-3-2-7-4-9(17(14,15)16)6-11(13)10(7)5-8;/h2-6,12-13H,1H3,(H,14,15,16);. The Bertz CT molecular complexity index is 685. The van der Waals surface area contributed by atoms with Crippen LogP contribution in [0.25, 0.3) is 10.8 Å². The van der Waals surface area contributed by atoms with E-state index in [-0.39, 0.29) is 40.2 Å². The molecule has 5 nitrogen and oxygen atoms in total. The van der Waals surface area contributed by atoms with E-state index >= 15 is 0 Å². The molecule has 0 fully saturated rings. The molecule has 91 valence electrons. The van der Waals surface area contributed by atoms with Crippen molar-refractivity contribution in [3.8, 4) is 5.75 Å². The Balaban J connectivity index is 0.00000162. The summed E-state index contributed by atoms with van der Waals surface area (Å²) in [4.78, 5) is -0.320. The van der Waals surface area contributed by atoms with Gasteiger partial charge in [0.2, 0.25) is 0 Å². The van der Waals surface area contributed by atoms with Crippen LogP contribution in [0.3, 0.4) is 0 Å². The van der Waals surface area contributed by atoms with Crippen molar-refractivity contribution < 1.29 is 18.1 Å². The Labute approximate surface area is 127 Å². The van der Waals surface area contributed by atoms with Crippen molar-refractivity contribution in [1.82, 2.24) is 0 Å². The second kappa shape index (κ2) is 5.46. The number of rotatable bonds is 2. The van der Waals surface area contributed by atoms with Crippen molar-refractivity contribution in [1.29, 1.82) is 0 Å². The molecule has 0 saturated carbocycles. The van der Waals surface area contributed by atoms with Gasteiger partial charge in [-0.25, -0.2) is 0 Å². The first-order chi connectivity index (χ1) is 7.91. The molecule has 0 heterocycles. The van der Waals surface area contributed by atoms with E-state index in [1.54, 1.807) is 25.2 Å². The van der Waals surface area contributed by atoms with E-state index < -0.39 is 10.1 Å². The number of aromatic hydroxyl groups is 1. The molecule has 0 spiro atoms. The van der Waals surface area contributed by atoms with Gasteiger partial charge in [-0.1, -0.05) is 6.07 Å². The summed E-state index contributed by atoms with van der Waals surface area (Å²) in [5, 5.41) is 13.7. The smallest absolute Gasteiger partial charge is 0.294 e. The van der Waals surface area contributed by atoms with Crippen LogP contribution in [0.15, 0.2) is 35.2 Å². The number of benzene rings is 2. The van der Waals surface area contributed by atoms with Gasteiger partial charge in [0, 0.05) is 53.7 Å². The molecule has 0 unspecified atom stereocenters. The zero-order chi connectivity index (χ0) is 12.6. The van der Waals surface area contributed by atoms with Crippen LogP contribution in [-0.4, -0.2) is 54.7 Å². The minimum absolute atomic E-state index is 0. The summed E-state index contributed by atoms with van der Waals surface area (Å²) >= 11 is 0. The molecule has 0 aliphatic heterocycles. The van der Waals surface area contributed by atoms with E-state index in [0.29, 0.717) is 10.8 Å². The molecule has 7 heteroatoms. The molecule has 3 N–H and O–H groups in total. The minimum atomic E-state index is -4.31. The Hall–Kier alpha value is -0.790. The number of phenolic OH excluding ortho intramolecular Hbond substituents is 1. The fourth-order valence-electron chi connectivity index (χ4n) is 1.62. The van der Waals surface area contributed by atoms with Crippen molar-refractivity contribution >= 4 is 56.1 Å². The van der Waals surface area contributed by atoms with Gasteiger partial charge in [-0.3, -0.25) is 4.55 Å². The van der Waals surface area contributed by atoms with Crippen LogP contribution in [0.5, 0.6) is 5.75 Å². The predicted octanol–water partition coefficient (Wildman–Crippen LogP) is 1.45. The third-order valence-electron chi connectivity index (χ3n) is 2.49. The summed E-state index contributed by atoms with van der Waals surface area (Å²) in [5.74, 6) is -0.188. The molecule has 2 rings (SSSR count). The SMILES string of the molecule is CNc1ccc2cc(S(=O)(=O)O)cc(O)c2c1.[Na]. The summed E-state index contributed by atoms with van der Waals surface area (Å²) in [6, 6.07) is 7.44. The Morgan fingerprint density at radius 1 is 1.17 bits per heavy atom. The third-order valence-corrected chi connectivity index (χ3v) is 3.32. The molecule has 0 amide bonds. The second-order valence-electron chi connectivity index (χ2n) is 3.60. The van der Waals surface area contributed by atoms with Gasteiger partial charge in [-0.2, -0.15) is 8.42 Å². The van der Waals surface area contributed by atoms with E-state index in [2.05, 4.69) is 5.32 Å². The molecule has 0 saturated heterocycles. The topological polar surface area (TPSA) is 86.6 Å². The zero-order valence-electron chi connectivity index (χ0n) is 10.0. The monoisotopic (exact) mass is 276 g/mol. The zero-order valence-corrected chi connectivity index (χ0v) is 12.8. The third kappa shape index (κ3) is 2.96. The number of hydrogen-bond acceptors (Lipinski definition) is 4. The first kappa shape index (κ1) is 15.3. The number of anilines is 1. The molecule has 0 bridgehead atoms. The van der Waals surface area contributed by atoms with Gasteiger partial charge in [0.1, 0.15) is 5.75 Å². The van der Waals surface area contributed by atoms with Crippen LogP contribution in [0.1, 0.15) is 0 Å². The summed E-state index contributed by atoms with van der Waals surface area (Å²) in [5.41, 5.74) is 0.799. The number of phenols is 1. The maximum atomic E-state index is 11.0. The summed E-state index contributed by atoms with van der Waals surface area (Å²) < 4.78 is 30.9. The molecule has 0 aliphatic carbocycles. The minimum Gasteiger partial charge on any atom is -0.507 e. The average Bonchev–Trinajstić information content (AvgIpc) is 2.27. The Kier molecular flexibility index (Phi) is 4.63. The van der Waals surface area contributed by atoms with E-state index in [4.69, 9.17) is 4.55 Å². The maximum Gasteiger partial charge on any atom is 0.294 e. The molecular weight excluding hydrogens is 265 g/mol. The molecule has 2 aromatic carbocycles. The molecule has 1 radical (unpaired) electrons. The molecule has 2 aromatic rings. The van der Waals surface area contributed by atoms with Gasteiger partial charge in [0.15, 0.2) is 0 Å². The first-order valence-electron chi connectivity index (χ1n) is 4.84. The number of nitrogens with one attached hydrogen (secondary N) is 1. The van der Waals surface area contributed by atoms with Gasteiger partial charge in [0.25, 0.3) is 10.1 Å².